The van der Waals surface area contributed by atoms with Crippen LogP contribution in [0.3, 0.4) is 0 Å². The van der Waals surface area contributed by atoms with Crippen molar-refractivity contribution in [1.82, 2.24) is 9.88 Å². The topological polar surface area (TPSA) is 68.5 Å². The van der Waals surface area contributed by atoms with Gasteiger partial charge in [-0.05, 0) is 56.9 Å². The number of nitrogens with zero attached hydrogens (tertiary/aromatic N) is 2. The molecule has 2 N–H and O–H groups in total. The number of halogens is 1. The fourth-order valence-electron chi connectivity index (χ4n) is 3.16. The highest BCUT2D eigenvalue weighted by molar-refractivity contribution is 7.13. The van der Waals surface area contributed by atoms with Gasteiger partial charge >= 0.3 is 0 Å². The molecule has 3 rings (SSSR count). The molecule has 1 aliphatic rings. The second kappa shape index (κ2) is 8.37. The van der Waals surface area contributed by atoms with Crippen LogP contribution in [0.4, 0.5) is 0 Å². The number of carbonyl (C=O) groups excluding carboxylic acids is 1. The van der Waals surface area contributed by atoms with Gasteiger partial charge in [0.05, 0.1) is 5.69 Å². The molecule has 0 radical (unpaired) electrons. The Morgan fingerprint density at radius 1 is 1.46 bits per heavy atom. The monoisotopic (exact) mass is 393 g/mol. The summed E-state index contributed by atoms with van der Waals surface area (Å²) < 4.78 is 5.74. The van der Waals surface area contributed by atoms with Crippen LogP contribution in [-0.2, 0) is 6.61 Å². The van der Waals surface area contributed by atoms with Crippen molar-refractivity contribution >= 4 is 28.8 Å². The van der Waals surface area contributed by atoms with Crippen LogP contribution in [0.5, 0.6) is 5.75 Å². The number of aryl methyl sites for hydroxylation is 1. The molecule has 1 aromatic heterocycles. The molecule has 0 spiro atoms. The molecule has 1 aromatic carbocycles. The SMILES string of the molecule is Cc1nc(COc2ccc(Cl)cc2)sc1C(=O)N1CCCC(C(C)N)C1. The maximum Gasteiger partial charge on any atom is 0.265 e. The Hall–Kier alpha value is -1.63. The third-order valence-electron chi connectivity index (χ3n) is 4.70. The van der Waals surface area contributed by atoms with Crippen molar-refractivity contribution in [2.45, 2.75) is 39.3 Å². The zero-order valence-corrected chi connectivity index (χ0v) is 16.6. The Morgan fingerprint density at radius 2 is 2.19 bits per heavy atom. The van der Waals surface area contributed by atoms with Gasteiger partial charge in [0.1, 0.15) is 22.2 Å². The number of thiazole rings is 1. The minimum Gasteiger partial charge on any atom is -0.486 e. The van der Waals surface area contributed by atoms with Gasteiger partial charge < -0.3 is 15.4 Å². The van der Waals surface area contributed by atoms with Crippen LogP contribution < -0.4 is 10.5 Å². The summed E-state index contributed by atoms with van der Waals surface area (Å²) in [5.41, 5.74) is 6.80. The van der Waals surface area contributed by atoms with E-state index in [1.54, 1.807) is 12.1 Å². The lowest BCUT2D eigenvalue weighted by atomic mass is 9.92. The van der Waals surface area contributed by atoms with Crippen LogP contribution >= 0.6 is 22.9 Å². The van der Waals surface area contributed by atoms with Crippen molar-refractivity contribution in [3.05, 3.63) is 44.9 Å². The van der Waals surface area contributed by atoms with Gasteiger partial charge in [-0.25, -0.2) is 4.98 Å². The minimum absolute atomic E-state index is 0.0584. The van der Waals surface area contributed by atoms with Crippen LogP contribution in [0, 0.1) is 12.8 Å². The van der Waals surface area contributed by atoms with E-state index in [1.165, 1.54) is 11.3 Å². The maximum absolute atomic E-state index is 12.9. The Labute approximate surface area is 163 Å². The van der Waals surface area contributed by atoms with Gasteiger partial charge in [0.15, 0.2) is 0 Å². The smallest absolute Gasteiger partial charge is 0.265 e. The van der Waals surface area contributed by atoms with Crippen molar-refractivity contribution < 1.29 is 9.53 Å². The van der Waals surface area contributed by atoms with Crippen LogP contribution in [0.2, 0.25) is 5.02 Å². The first-order valence-corrected chi connectivity index (χ1v) is 10.0. The van der Waals surface area contributed by atoms with Gasteiger partial charge in [-0.15, -0.1) is 11.3 Å². The molecular formula is C19H24ClN3O2S. The lowest BCUT2D eigenvalue weighted by Crippen LogP contribution is -2.45. The first-order valence-electron chi connectivity index (χ1n) is 8.83. The van der Waals surface area contributed by atoms with Gasteiger partial charge in [-0.2, -0.15) is 0 Å². The summed E-state index contributed by atoms with van der Waals surface area (Å²) >= 11 is 7.28. The molecule has 140 valence electrons. The number of carbonyl (C=O) groups is 1. The molecule has 2 heterocycles. The normalized spacial score (nSPS) is 18.6. The van der Waals surface area contributed by atoms with Gasteiger partial charge in [0.2, 0.25) is 0 Å². The molecule has 26 heavy (non-hydrogen) atoms. The summed E-state index contributed by atoms with van der Waals surface area (Å²) in [4.78, 5) is 20.0. The number of ether oxygens (including phenoxy) is 1. The molecular weight excluding hydrogens is 370 g/mol. The van der Waals surface area contributed by atoms with E-state index in [1.807, 2.05) is 30.9 Å². The lowest BCUT2D eigenvalue weighted by molar-refractivity contribution is 0.0665. The fraction of sp³-hybridized carbons (Fsp3) is 0.474. The van der Waals surface area contributed by atoms with Gasteiger partial charge in [0.25, 0.3) is 5.91 Å². The number of likely N-dealkylation sites (tertiary alicyclic amines) is 1. The average molecular weight is 394 g/mol. The number of amides is 1. The van der Waals surface area contributed by atoms with Crippen LogP contribution in [0.1, 0.15) is 40.1 Å². The van der Waals surface area contributed by atoms with Gasteiger partial charge in [-0.1, -0.05) is 11.6 Å². The van der Waals surface area contributed by atoms with E-state index in [0.717, 1.165) is 42.4 Å². The number of benzene rings is 1. The third-order valence-corrected chi connectivity index (χ3v) is 6.07. The molecule has 7 heteroatoms. The highest BCUT2D eigenvalue weighted by Crippen LogP contribution is 2.26. The number of aromatic nitrogens is 1. The number of rotatable bonds is 5. The highest BCUT2D eigenvalue weighted by Gasteiger charge is 2.28. The van der Waals surface area contributed by atoms with E-state index in [-0.39, 0.29) is 11.9 Å². The Balaban J connectivity index is 1.65. The maximum atomic E-state index is 12.9. The number of nitrogens with two attached hydrogens (primary N) is 1. The lowest BCUT2D eigenvalue weighted by Gasteiger charge is -2.34. The molecule has 0 aliphatic carbocycles. The molecule has 2 unspecified atom stereocenters. The summed E-state index contributed by atoms with van der Waals surface area (Å²) in [5, 5.41) is 1.46. The second-order valence-electron chi connectivity index (χ2n) is 6.78. The fourth-order valence-corrected chi connectivity index (χ4v) is 4.23. The first-order chi connectivity index (χ1) is 12.4. The van der Waals surface area contributed by atoms with Crippen LogP contribution in [0.15, 0.2) is 24.3 Å². The van der Waals surface area contributed by atoms with E-state index in [2.05, 4.69) is 4.98 Å². The highest BCUT2D eigenvalue weighted by atomic mass is 35.5. The summed E-state index contributed by atoms with van der Waals surface area (Å²) in [7, 11) is 0. The largest absolute Gasteiger partial charge is 0.486 e. The zero-order chi connectivity index (χ0) is 18.7. The number of piperidine rings is 1. The molecule has 2 atom stereocenters. The Kier molecular flexibility index (Phi) is 6.16. The van der Waals surface area contributed by atoms with Crippen LogP contribution in [0.25, 0.3) is 0 Å². The second-order valence-corrected chi connectivity index (χ2v) is 8.30. The first kappa shape index (κ1) is 19.1. The van der Waals surface area contributed by atoms with Crippen molar-refractivity contribution in [2.24, 2.45) is 11.7 Å². The minimum atomic E-state index is 0.0584. The molecule has 1 amide bonds. The van der Waals surface area contributed by atoms with E-state index < -0.39 is 0 Å². The molecule has 1 saturated heterocycles. The van der Waals surface area contributed by atoms with E-state index in [9.17, 15) is 4.79 Å². The van der Waals surface area contributed by atoms with Gasteiger partial charge in [-0.3, -0.25) is 4.79 Å². The predicted molar refractivity (Wildman–Crippen MR) is 105 cm³/mol. The molecule has 2 aromatic rings. The summed E-state index contributed by atoms with van der Waals surface area (Å²) in [6, 6.07) is 7.30. The number of hydrogen-bond donors (Lipinski definition) is 1. The quantitative estimate of drug-likeness (QED) is 0.836. The van der Waals surface area contributed by atoms with Crippen LogP contribution in [-0.4, -0.2) is 34.9 Å². The molecule has 1 aliphatic heterocycles. The van der Waals surface area contributed by atoms with E-state index in [4.69, 9.17) is 22.1 Å². The summed E-state index contributed by atoms with van der Waals surface area (Å²) in [5.74, 6) is 1.16. The summed E-state index contributed by atoms with van der Waals surface area (Å²) in [6.07, 6.45) is 2.09. The Morgan fingerprint density at radius 3 is 2.88 bits per heavy atom. The van der Waals surface area contributed by atoms with Crippen molar-refractivity contribution in [3.8, 4) is 5.75 Å². The summed E-state index contributed by atoms with van der Waals surface area (Å²) in [6.45, 7) is 5.74. The molecule has 5 nitrogen and oxygen atoms in total. The predicted octanol–water partition coefficient (Wildman–Crippen LogP) is 3.88. The molecule has 1 fully saturated rings. The van der Waals surface area contributed by atoms with Crippen molar-refractivity contribution in [1.29, 1.82) is 0 Å². The Bertz CT molecular complexity index is 761. The van der Waals surface area contributed by atoms with E-state index >= 15 is 0 Å². The zero-order valence-electron chi connectivity index (χ0n) is 15.1. The molecule has 0 saturated carbocycles. The number of hydrogen-bond acceptors (Lipinski definition) is 5. The van der Waals surface area contributed by atoms with Crippen molar-refractivity contribution in [3.63, 3.8) is 0 Å². The van der Waals surface area contributed by atoms with E-state index in [0.29, 0.717) is 22.4 Å². The molecule has 0 bridgehead atoms. The van der Waals surface area contributed by atoms with Gasteiger partial charge in [0, 0.05) is 24.2 Å². The third kappa shape index (κ3) is 4.55. The standard InChI is InChI=1S/C19H24ClN3O2S/c1-12(21)14-4-3-9-23(10-14)19(24)18-13(2)22-17(26-18)11-25-16-7-5-15(20)6-8-16/h5-8,12,14H,3-4,9-11,21H2,1-2H3. The van der Waals surface area contributed by atoms with Crippen molar-refractivity contribution in [2.75, 3.05) is 13.1 Å². The average Bonchev–Trinajstić information content (AvgIpc) is 3.01.